The van der Waals surface area contributed by atoms with E-state index in [9.17, 15) is 9.90 Å². The molecular formula is C19H22NO4S2+. The van der Waals surface area contributed by atoms with Gasteiger partial charge < -0.3 is 19.1 Å². The largest absolute Gasteiger partial charge is 0.459 e. The summed E-state index contributed by atoms with van der Waals surface area (Å²) < 4.78 is 102. The molecular weight excluding hydrogens is 370 g/mol. The molecule has 0 radical (unpaired) electrons. The van der Waals surface area contributed by atoms with E-state index in [1.54, 1.807) is 22.9 Å². The van der Waals surface area contributed by atoms with E-state index >= 15 is 0 Å². The van der Waals surface area contributed by atoms with Crippen molar-refractivity contribution >= 4 is 28.6 Å². The first-order chi connectivity index (χ1) is 16.8. The van der Waals surface area contributed by atoms with Gasteiger partial charge in [-0.2, -0.15) is 0 Å². The van der Waals surface area contributed by atoms with E-state index in [0.29, 0.717) is 0 Å². The van der Waals surface area contributed by atoms with Crippen molar-refractivity contribution in [3.63, 3.8) is 0 Å². The number of carbonyl (C=O) groups is 1. The van der Waals surface area contributed by atoms with E-state index in [1.165, 1.54) is 12.1 Å². The number of aliphatic hydroxyl groups is 1. The van der Waals surface area contributed by atoms with E-state index in [1.807, 2.05) is 0 Å². The second-order valence-electron chi connectivity index (χ2n) is 6.40. The van der Waals surface area contributed by atoms with Gasteiger partial charge in [0.1, 0.15) is 30.4 Å². The molecule has 4 atom stereocenters. The number of thiophene rings is 2. The quantitative estimate of drug-likeness (QED) is 0.484. The lowest BCUT2D eigenvalue weighted by atomic mass is 9.95. The maximum Gasteiger partial charge on any atom is 0.349 e. The SMILES string of the molecule is [2H]C1([2H])C2C3OC3C(C([2H])([2H])C1([2H])OC(=O)C(O)(c1cccs1)c1cccs1)[N+]2(C([2H])([2H])[2H])C([2H])([2H])[2H]. The highest BCUT2D eigenvalue weighted by Gasteiger charge is 2.71. The number of carbonyl (C=O) groups excluding carboxylic acids is 1. The van der Waals surface area contributed by atoms with Crippen molar-refractivity contribution in [1.82, 2.24) is 0 Å². The van der Waals surface area contributed by atoms with Crippen LogP contribution in [0.2, 0.25) is 0 Å². The zero-order valence-electron chi connectivity index (χ0n) is 24.2. The number of nitrogens with zero attached hydrogens (tertiary/aromatic N) is 1. The van der Waals surface area contributed by atoms with Crippen molar-refractivity contribution in [2.45, 2.75) is 48.7 Å². The first kappa shape index (κ1) is 8.84. The van der Waals surface area contributed by atoms with Crippen molar-refractivity contribution in [3.05, 3.63) is 44.8 Å². The number of epoxide rings is 1. The number of morpholine rings is 1. The Morgan fingerprint density at radius 2 is 1.88 bits per heavy atom. The Kier molecular flexibility index (Phi) is 1.91. The maximum atomic E-state index is 13.6. The fourth-order valence-corrected chi connectivity index (χ4v) is 5.19. The number of hydrogen-bond acceptors (Lipinski definition) is 6. The highest BCUT2D eigenvalue weighted by molar-refractivity contribution is 7.12. The minimum absolute atomic E-state index is 0.0738. The first-order valence-electron chi connectivity index (χ1n) is 13.4. The van der Waals surface area contributed by atoms with E-state index in [4.69, 9.17) is 24.6 Å². The van der Waals surface area contributed by atoms with Crippen LogP contribution in [-0.2, 0) is 19.9 Å². The zero-order chi connectivity index (χ0) is 27.6. The van der Waals surface area contributed by atoms with Gasteiger partial charge in [0.25, 0.3) is 0 Å². The molecule has 3 saturated heterocycles. The molecule has 2 bridgehead atoms. The van der Waals surface area contributed by atoms with Gasteiger partial charge in [0, 0.05) is 18.2 Å². The van der Waals surface area contributed by atoms with Crippen LogP contribution in [0.5, 0.6) is 0 Å². The molecule has 1 N–H and O–H groups in total. The summed E-state index contributed by atoms with van der Waals surface area (Å²) in [7, 11) is 0. The summed E-state index contributed by atoms with van der Waals surface area (Å²) in [6.45, 7) is -6.86. The summed E-state index contributed by atoms with van der Waals surface area (Å²) in [5.41, 5.74) is -2.52. The molecule has 2 aromatic rings. The number of fused-ring (bicyclic) bond motifs is 5. The number of piperidine rings is 1. The monoisotopic (exact) mass is 403 g/mol. The zero-order valence-corrected chi connectivity index (χ0v) is 14.8. The molecule has 0 saturated carbocycles. The van der Waals surface area contributed by atoms with Crippen molar-refractivity contribution in [2.24, 2.45) is 0 Å². The molecule has 0 amide bonds. The van der Waals surface area contributed by atoms with Crippen molar-refractivity contribution in [2.75, 3.05) is 14.0 Å². The second-order valence-corrected chi connectivity index (χ2v) is 8.30. The molecule has 138 valence electrons. The summed E-state index contributed by atoms with van der Waals surface area (Å²) in [5.74, 6) is -1.54. The Bertz CT molecular complexity index is 1130. The molecule has 4 unspecified atom stereocenters. The predicted octanol–water partition coefficient (Wildman–Crippen LogP) is 2.35. The van der Waals surface area contributed by atoms with E-state index in [-0.39, 0.29) is 9.75 Å². The van der Waals surface area contributed by atoms with Crippen molar-refractivity contribution < 1.29 is 38.9 Å². The van der Waals surface area contributed by atoms with Crippen molar-refractivity contribution in [1.29, 1.82) is 0 Å². The minimum atomic E-state index is -3.44. The third-order valence-corrected chi connectivity index (χ3v) is 6.82. The molecule has 0 aliphatic carbocycles. The number of likely N-dealkylation sites (N-methyl/N-ethyl adjacent to an activating group) is 1. The average Bonchev–Trinajstić information content (AvgIpc) is 3.23. The Balaban J connectivity index is 1.67. The van der Waals surface area contributed by atoms with Crippen LogP contribution in [0.25, 0.3) is 0 Å². The van der Waals surface area contributed by atoms with Crippen LogP contribution in [0.15, 0.2) is 35.0 Å². The fraction of sp³-hybridized carbons (Fsp3) is 0.526. The Labute approximate surface area is 175 Å². The molecule has 5 nitrogen and oxygen atoms in total. The van der Waals surface area contributed by atoms with Gasteiger partial charge in [0.2, 0.25) is 5.60 Å². The molecule has 2 aromatic heterocycles. The van der Waals surface area contributed by atoms with Gasteiger partial charge in [-0.3, -0.25) is 0 Å². The smallest absolute Gasteiger partial charge is 0.349 e. The maximum absolute atomic E-state index is 13.6. The van der Waals surface area contributed by atoms with Gasteiger partial charge in [-0.05, 0) is 22.9 Å². The highest BCUT2D eigenvalue weighted by atomic mass is 32.1. The summed E-state index contributed by atoms with van der Waals surface area (Å²) in [4.78, 5) is 13.8. The summed E-state index contributed by atoms with van der Waals surface area (Å²) in [6, 6.07) is 1.76. The third kappa shape index (κ3) is 2.28. The van der Waals surface area contributed by atoms with Crippen molar-refractivity contribution in [3.8, 4) is 0 Å². The lowest BCUT2D eigenvalue weighted by Crippen LogP contribution is -2.60. The van der Waals surface area contributed by atoms with Crippen LogP contribution >= 0.6 is 22.7 Å². The van der Waals surface area contributed by atoms with Crippen LogP contribution in [0.3, 0.4) is 0 Å². The van der Waals surface area contributed by atoms with Crippen LogP contribution in [0, 0.1) is 0 Å². The minimum Gasteiger partial charge on any atom is -0.459 e. The standard InChI is InChI=1S/C19H22NO4S2/c1-20(2)12-9-11(10-13(20)17-16(12)24-17)23-18(21)19(22,14-5-3-7-25-14)15-6-4-8-26-15/h3-8,11-13,16-17,22H,9-10H2,1-2H3/q+1/i1D3,2D3,9D2,10D2,11D. The van der Waals surface area contributed by atoms with Crippen LogP contribution in [0.1, 0.15) is 37.6 Å². The van der Waals surface area contributed by atoms with Crippen LogP contribution < -0.4 is 0 Å². The Morgan fingerprint density at radius 3 is 2.35 bits per heavy atom. The average molecular weight is 404 g/mol. The number of rotatable bonds is 4. The number of esters is 1. The molecule has 7 heteroatoms. The van der Waals surface area contributed by atoms with Gasteiger partial charge in [-0.25, -0.2) is 4.79 Å². The Hall–Kier alpha value is -1.25. The van der Waals surface area contributed by atoms with Gasteiger partial charge in [-0.1, -0.05) is 12.1 Å². The molecule has 3 fully saturated rings. The lowest BCUT2D eigenvalue weighted by molar-refractivity contribution is -0.938. The molecule has 3 aliphatic rings. The topological polar surface area (TPSA) is 59.1 Å². The number of ether oxygens (including phenoxy) is 2. The first-order valence-corrected chi connectivity index (χ1v) is 9.65. The van der Waals surface area contributed by atoms with Gasteiger partial charge in [0.05, 0.1) is 33.3 Å². The molecule has 5 rings (SSSR count). The van der Waals surface area contributed by atoms with E-state index < -0.39 is 73.1 Å². The summed E-state index contributed by atoms with van der Waals surface area (Å²) in [5, 5.41) is 14.7. The van der Waals surface area contributed by atoms with Crippen LogP contribution in [-0.4, -0.2) is 59.9 Å². The highest BCUT2D eigenvalue weighted by Crippen LogP contribution is 2.52. The Morgan fingerprint density at radius 1 is 1.31 bits per heavy atom. The van der Waals surface area contributed by atoms with Gasteiger partial charge in [-0.15, -0.1) is 22.7 Å². The van der Waals surface area contributed by atoms with Crippen LogP contribution in [0.4, 0.5) is 0 Å². The van der Waals surface area contributed by atoms with Gasteiger partial charge >= 0.3 is 5.97 Å². The van der Waals surface area contributed by atoms with E-state index in [2.05, 4.69) is 0 Å². The number of hydrogen-bond donors (Lipinski definition) is 1. The summed E-state index contributed by atoms with van der Waals surface area (Å²) >= 11 is 1.96. The third-order valence-electron chi connectivity index (χ3n) is 4.87. The molecule has 0 aromatic carbocycles. The predicted molar refractivity (Wildman–Crippen MR) is 99.1 cm³/mol. The normalized spacial score (nSPS) is 48.3. The number of quaternary nitrogens is 1. The van der Waals surface area contributed by atoms with Gasteiger partial charge in [0.15, 0.2) is 0 Å². The lowest BCUT2D eigenvalue weighted by Gasteiger charge is -2.45. The molecule has 0 spiro atoms. The second kappa shape index (κ2) is 5.62. The fourth-order valence-electron chi connectivity index (χ4n) is 3.48. The molecule has 5 heterocycles. The molecule has 3 aliphatic heterocycles. The summed E-state index contributed by atoms with van der Waals surface area (Å²) in [6.07, 6.45) is -12.9. The van der Waals surface area contributed by atoms with E-state index in [0.717, 1.165) is 22.7 Å². The molecule has 26 heavy (non-hydrogen) atoms.